The van der Waals surface area contributed by atoms with E-state index in [0.29, 0.717) is 5.69 Å². The lowest BCUT2D eigenvalue weighted by Crippen LogP contribution is -2.41. The van der Waals surface area contributed by atoms with Gasteiger partial charge in [-0.15, -0.1) is 0 Å². The highest BCUT2D eigenvalue weighted by Crippen LogP contribution is 2.09. The smallest absolute Gasteiger partial charge is 0.321 e. The van der Waals surface area contributed by atoms with Crippen molar-refractivity contribution in [1.29, 1.82) is 0 Å². The molecule has 0 saturated carbocycles. The number of nitrogens with zero attached hydrogens (tertiary/aromatic N) is 1. The zero-order chi connectivity index (χ0) is 9.68. The summed E-state index contributed by atoms with van der Waals surface area (Å²) in [5.74, 6) is 0.0146. The highest BCUT2D eigenvalue weighted by atomic mass is 16.3. The van der Waals surface area contributed by atoms with E-state index in [2.05, 4.69) is 15.6 Å². The van der Waals surface area contributed by atoms with Crippen molar-refractivity contribution in [3.8, 4) is 0 Å². The van der Waals surface area contributed by atoms with Gasteiger partial charge >= 0.3 is 6.03 Å². The predicted octanol–water partition coefficient (Wildman–Crippen LogP) is 0.155. The molecule has 1 aromatic heterocycles. The number of nitrogens with two attached hydrogens (primary N) is 1. The van der Waals surface area contributed by atoms with Crippen LogP contribution in [-0.2, 0) is 0 Å². The van der Waals surface area contributed by atoms with E-state index >= 15 is 0 Å². The largest absolute Gasteiger partial charge is 0.470 e. The Balaban J connectivity index is 2.57. The number of furan rings is 1. The highest BCUT2D eigenvalue weighted by molar-refractivity contribution is 5.96. The number of guanidine groups is 1. The molecule has 0 bridgehead atoms. The number of amides is 2. The Morgan fingerprint density at radius 2 is 2.46 bits per heavy atom. The van der Waals surface area contributed by atoms with Crippen LogP contribution in [-0.4, -0.2) is 19.0 Å². The minimum atomic E-state index is -0.412. The van der Waals surface area contributed by atoms with Crippen LogP contribution < -0.4 is 16.4 Å². The number of aliphatic imine (C=N–C) groups is 1. The second-order valence-electron chi connectivity index (χ2n) is 2.18. The third-order valence-electron chi connectivity index (χ3n) is 1.22. The molecule has 0 fully saturated rings. The first-order chi connectivity index (χ1) is 6.22. The van der Waals surface area contributed by atoms with Gasteiger partial charge in [-0.25, -0.2) is 9.79 Å². The Morgan fingerprint density at radius 3 is 3.00 bits per heavy atom. The molecule has 0 spiro atoms. The second kappa shape index (κ2) is 4.15. The molecule has 0 aromatic carbocycles. The number of urea groups is 1. The summed E-state index contributed by atoms with van der Waals surface area (Å²) >= 11 is 0. The summed E-state index contributed by atoms with van der Waals surface area (Å²) in [6.45, 7) is 0. The molecule has 1 aromatic rings. The quantitative estimate of drug-likeness (QED) is 0.426. The van der Waals surface area contributed by atoms with Gasteiger partial charge in [-0.1, -0.05) is 0 Å². The molecule has 6 heteroatoms. The first-order valence-electron chi connectivity index (χ1n) is 3.57. The minimum Gasteiger partial charge on any atom is -0.470 e. The molecule has 0 radical (unpaired) electrons. The van der Waals surface area contributed by atoms with Crippen molar-refractivity contribution in [3.63, 3.8) is 0 Å². The lowest BCUT2D eigenvalue weighted by molar-refractivity contribution is 0.247. The molecule has 0 atom stereocenters. The molecule has 0 aliphatic rings. The van der Waals surface area contributed by atoms with Gasteiger partial charge in [0.05, 0.1) is 6.26 Å². The van der Waals surface area contributed by atoms with Gasteiger partial charge in [0, 0.05) is 13.1 Å². The molecule has 0 aliphatic carbocycles. The van der Waals surface area contributed by atoms with E-state index in [4.69, 9.17) is 10.2 Å². The first-order valence-corrected chi connectivity index (χ1v) is 3.57. The summed E-state index contributed by atoms with van der Waals surface area (Å²) in [5, 5.41) is 4.65. The molecule has 1 rings (SSSR count). The Bertz CT molecular complexity index is 304. The van der Waals surface area contributed by atoms with Crippen LogP contribution in [0.2, 0.25) is 0 Å². The third-order valence-corrected chi connectivity index (χ3v) is 1.22. The normalized spacial score (nSPS) is 11.0. The fraction of sp³-hybridized carbons (Fsp3) is 0.143. The van der Waals surface area contributed by atoms with Crippen LogP contribution in [0.25, 0.3) is 0 Å². The van der Waals surface area contributed by atoms with Crippen molar-refractivity contribution in [3.05, 3.63) is 18.6 Å². The van der Waals surface area contributed by atoms with Gasteiger partial charge in [-0.05, 0) is 0 Å². The fourth-order valence-electron chi connectivity index (χ4n) is 0.667. The molecule has 70 valence electrons. The van der Waals surface area contributed by atoms with Crippen LogP contribution in [0.4, 0.5) is 10.5 Å². The zero-order valence-electron chi connectivity index (χ0n) is 7.07. The van der Waals surface area contributed by atoms with E-state index < -0.39 is 6.03 Å². The maximum atomic E-state index is 10.7. The Kier molecular flexibility index (Phi) is 2.91. The van der Waals surface area contributed by atoms with Crippen molar-refractivity contribution in [1.82, 2.24) is 10.6 Å². The number of carbonyl (C=O) groups excluding carboxylic acids is 1. The zero-order valence-corrected chi connectivity index (χ0v) is 7.07. The number of rotatable bonds is 1. The maximum Gasteiger partial charge on any atom is 0.321 e. The molecule has 6 nitrogen and oxygen atoms in total. The van der Waals surface area contributed by atoms with Crippen molar-refractivity contribution in [2.45, 2.75) is 0 Å². The molecule has 1 heterocycles. The molecule has 13 heavy (non-hydrogen) atoms. The lowest BCUT2D eigenvalue weighted by atomic mass is 10.5. The second-order valence-corrected chi connectivity index (χ2v) is 2.18. The SMILES string of the molecule is CNC(=O)NC(N)=Nc1ccoc1. The molecule has 0 saturated heterocycles. The average molecular weight is 182 g/mol. The standard InChI is InChI=1S/C7H10N4O2/c1-9-7(12)11-6(8)10-5-2-3-13-4-5/h2-4H,1H3,(H4,8,9,10,11,12). The Hall–Kier alpha value is -1.98. The van der Waals surface area contributed by atoms with Crippen molar-refractivity contribution < 1.29 is 9.21 Å². The third kappa shape index (κ3) is 2.86. The van der Waals surface area contributed by atoms with Crippen LogP contribution >= 0.6 is 0 Å². The fourth-order valence-corrected chi connectivity index (χ4v) is 0.667. The number of hydrogen-bond acceptors (Lipinski definition) is 3. The molecule has 0 unspecified atom stereocenters. The maximum absolute atomic E-state index is 10.7. The molecule has 2 amide bonds. The van der Waals surface area contributed by atoms with Crippen molar-refractivity contribution in [2.75, 3.05) is 7.05 Å². The van der Waals surface area contributed by atoms with Crippen LogP contribution in [0.15, 0.2) is 28.0 Å². The minimum absolute atomic E-state index is 0.0146. The number of hydrogen-bond donors (Lipinski definition) is 3. The summed E-state index contributed by atoms with van der Waals surface area (Å²) in [6.07, 6.45) is 2.88. The highest BCUT2D eigenvalue weighted by Gasteiger charge is 1.98. The number of nitrogens with one attached hydrogen (secondary N) is 2. The first kappa shape index (κ1) is 9.11. The number of carbonyl (C=O) groups is 1. The van der Waals surface area contributed by atoms with E-state index in [9.17, 15) is 4.79 Å². The van der Waals surface area contributed by atoms with E-state index in [0.717, 1.165) is 0 Å². The van der Waals surface area contributed by atoms with Gasteiger partial charge in [0.2, 0.25) is 5.96 Å². The van der Waals surface area contributed by atoms with E-state index in [1.165, 1.54) is 19.6 Å². The van der Waals surface area contributed by atoms with Gasteiger partial charge in [-0.3, -0.25) is 5.32 Å². The van der Waals surface area contributed by atoms with Crippen LogP contribution in [0.3, 0.4) is 0 Å². The van der Waals surface area contributed by atoms with Crippen molar-refractivity contribution in [2.24, 2.45) is 10.7 Å². The lowest BCUT2D eigenvalue weighted by Gasteiger charge is -2.01. The monoisotopic (exact) mass is 182 g/mol. The molecular weight excluding hydrogens is 172 g/mol. The predicted molar refractivity (Wildman–Crippen MR) is 47.6 cm³/mol. The summed E-state index contributed by atoms with van der Waals surface area (Å²) in [4.78, 5) is 14.6. The molecular formula is C7H10N4O2. The van der Waals surface area contributed by atoms with E-state index in [1.807, 2.05) is 0 Å². The van der Waals surface area contributed by atoms with Crippen LogP contribution in [0.5, 0.6) is 0 Å². The van der Waals surface area contributed by atoms with E-state index in [-0.39, 0.29) is 5.96 Å². The average Bonchev–Trinajstić information content (AvgIpc) is 2.56. The summed E-state index contributed by atoms with van der Waals surface area (Å²) in [6, 6.07) is 1.21. The van der Waals surface area contributed by atoms with Gasteiger partial charge in [0.1, 0.15) is 12.0 Å². The van der Waals surface area contributed by atoms with E-state index in [1.54, 1.807) is 6.07 Å². The topological polar surface area (TPSA) is 92.7 Å². The van der Waals surface area contributed by atoms with Gasteiger partial charge < -0.3 is 15.5 Å². The molecule has 4 N–H and O–H groups in total. The van der Waals surface area contributed by atoms with Gasteiger partial charge in [0.15, 0.2) is 0 Å². The summed E-state index contributed by atoms with van der Waals surface area (Å²) in [7, 11) is 1.49. The Labute approximate surface area is 74.8 Å². The van der Waals surface area contributed by atoms with Crippen molar-refractivity contribution >= 4 is 17.7 Å². The summed E-state index contributed by atoms with van der Waals surface area (Å²) in [5.41, 5.74) is 5.93. The summed E-state index contributed by atoms with van der Waals surface area (Å²) < 4.78 is 4.76. The van der Waals surface area contributed by atoms with Crippen LogP contribution in [0.1, 0.15) is 0 Å². The van der Waals surface area contributed by atoms with Crippen LogP contribution in [0, 0.1) is 0 Å². The van der Waals surface area contributed by atoms with Gasteiger partial charge in [-0.2, -0.15) is 0 Å². The van der Waals surface area contributed by atoms with Gasteiger partial charge in [0.25, 0.3) is 0 Å². The Morgan fingerprint density at radius 1 is 1.69 bits per heavy atom. The molecule has 0 aliphatic heterocycles.